The highest BCUT2D eigenvalue weighted by molar-refractivity contribution is 7.91. The van der Waals surface area contributed by atoms with Crippen molar-refractivity contribution in [3.63, 3.8) is 0 Å². The lowest BCUT2D eigenvalue weighted by atomic mass is 10.2. The van der Waals surface area contributed by atoms with Crippen LogP contribution in [0.4, 0.5) is 5.69 Å². The number of morpholine rings is 1. The Kier molecular flexibility index (Phi) is 4.79. The van der Waals surface area contributed by atoms with Crippen LogP contribution in [0.1, 0.15) is 6.92 Å². The zero-order valence-corrected chi connectivity index (χ0v) is 11.9. The van der Waals surface area contributed by atoms with Gasteiger partial charge in [-0.3, -0.25) is 0 Å². The van der Waals surface area contributed by atoms with Crippen molar-refractivity contribution in [1.29, 1.82) is 0 Å². The molecule has 1 aromatic carbocycles. The van der Waals surface area contributed by atoms with Gasteiger partial charge in [0.1, 0.15) is 0 Å². The summed E-state index contributed by atoms with van der Waals surface area (Å²) in [7, 11) is -3.11. The molecule has 0 bridgehead atoms. The molecule has 5 nitrogen and oxygen atoms in total. The first-order valence-electron chi connectivity index (χ1n) is 6.51. The number of anilines is 1. The number of benzene rings is 1. The summed E-state index contributed by atoms with van der Waals surface area (Å²) in [6, 6.07) is 6.86. The molecule has 2 N–H and O–H groups in total. The van der Waals surface area contributed by atoms with E-state index in [9.17, 15) is 8.42 Å². The van der Waals surface area contributed by atoms with Crippen molar-refractivity contribution in [3.05, 3.63) is 24.3 Å². The minimum atomic E-state index is -3.11. The second-order valence-electron chi connectivity index (χ2n) is 4.51. The lowest BCUT2D eigenvalue weighted by molar-refractivity contribution is 0.0372. The number of nitrogens with one attached hydrogen (secondary N) is 2. The lowest BCUT2D eigenvalue weighted by Gasteiger charge is -2.24. The summed E-state index contributed by atoms with van der Waals surface area (Å²) in [6.45, 7) is 4.84. The normalized spacial score (nSPS) is 20.2. The van der Waals surface area contributed by atoms with Crippen LogP contribution in [0.5, 0.6) is 0 Å². The molecule has 0 aromatic heterocycles. The number of ether oxygens (including phenoxy) is 1. The van der Waals surface area contributed by atoms with Crippen LogP contribution in [0.2, 0.25) is 0 Å². The van der Waals surface area contributed by atoms with Gasteiger partial charge in [-0.1, -0.05) is 6.92 Å². The molecule has 0 spiro atoms. The van der Waals surface area contributed by atoms with Crippen molar-refractivity contribution in [3.8, 4) is 0 Å². The Balaban J connectivity index is 1.91. The van der Waals surface area contributed by atoms with Crippen molar-refractivity contribution in [1.82, 2.24) is 5.32 Å². The Bertz CT molecular complexity index is 493. The van der Waals surface area contributed by atoms with Crippen LogP contribution in [0.15, 0.2) is 29.2 Å². The molecule has 0 amide bonds. The standard InChI is InChI=1S/C13H20N2O3S/c1-2-19(16,17)13-5-3-11(4-6-13)15-10-12-9-14-7-8-18-12/h3-6,12,14-15H,2,7-10H2,1H3. The van der Waals surface area contributed by atoms with E-state index in [1.807, 2.05) is 0 Å². The molecule has 0 radical (unpaired) electrons. The average molecular weight is 284 g/mol. The molecule has 1 aliphatic heterocycles. The van der Waals surface area contributed by atoms with Crippen LogP contribution >= 0.6 is 0 Å². The molecule has 1 heterocycles. The molecule has 1 aromatic rings. The fourth-order valence-corrected chi connectivity index (χ4v) is 2.81. The van der Waals surface area contributed by atoms with Crippen LogP contribution in [0, 0.1) is 0 Å². The minimum absolute atomic E-state index is 0.126. The first-order valence-corrected chi connectivity index (χ1v) is 8.16. The van der Waals surface area contributed by atoms with Gasteiger partial charge in [0.05, 0.1) is 23.4 Å². The molecule has 1 fully saturated rings. The second kappa shape index (κ2) is 6.36. The van der Waals surface area contributed by atoms with Gasteiger partial charge in [0.25, 0.3) is 0 Å². The van der Waals surface area contributed by atoms with Crippen molar-refractivity contribution in [2.24, 2.45) is 0 Å². The maximum Gasteiger partial charge on any atom is 0.178 e. The fourth-order valence-electron chi connectivity index (χ4n) is 1.93. The highest BCUT2D eigenvalue weighted by Gasteiger charge is 2.13. The van der Waals surface area contributed by atoms with Gasteiger partial charge in [0.2, 0.25) is 0 Å². The van der Waals surface area contributed by atoms with Crippen LogP contribution in [-0.2, 0) is 14.6 Å². The third-order valence-electron chi connectivity index (χ3n) is 3.13. The molecule has 2 rings (SSSR count). The lowest BCUT2D eigenvalue weighted by Crippen LogP contribution is -2.42. The van der Waals surface area contributed by atoms with Crippen molar-refractivity contribution < 1.29 is 13.2 Å². The van der Waals surface area contributed by atoms with E-state index in [1.54, 1.807) is 31.2 Å². The van der Waals surface area contributed by atoms with Gasteiger partial charge in [0, 0.05) is 25.3 Å². The van der Waals surface area contributed by atoms with E-state index >= 15 is 0 Å². The quantitative estimate of drug-likeness (QED) is 0.840. The Morgan fingerprint density at radius 3 is 2.68 bits per heavy atom. The number of hydrogen-bond donors (Lipinski definition) is 2. The van der Waals surface area contributed by atoms with E-state index in [0.29, 0.717) is 11.4 Å². The van der Waals surface area contributed by atoms with Gasteiger partial charge in [0.15, 0.2) is 9.84 Å². The molecule has 0 saturated carbocycles. The van der Waals surface area contributed by atoms with E-state index in [1.165, 1.54) is 0 Å². The molecule has 19 heavy (non-hydrogen) atoms. The van der Waals surface area contributed by atoms with Crippen LogP contribution in [0.3, 0.4) is 0 Å². The molecule has 0 aliphatic carbocycles. The third-order valence-corrected chi connectivity index (χ3v) is 4.88. The third kappa shape index (κ3) is 3.92. The van der Waals surface area contributed by atoms with Gasteiger partial charge >= 0.3 is 0 Å². The Morgan fingerprint density at radius 1 is 1.37 bits per heavy atom. The van der Waals surface area contributed by atoms with E-state index in [4.69, 9.17) is 4.74 Å². The van der Waals surface area contributed by atoms with Crippen molar-refractivity contribution in [2.75, 3.05) is 37.3 Å². The monoisotopic (exact) mass is 284 g/mol. The second-order valence-corrected chi connectivity index (χ2v) is 6.78. The fraction of sp³-hybridized carbons (Fsp3) is 0.538. The predicted octanol–water partition coefficient (Wildman–Crippen LogP) is 0.880. The molecule has 106 valence electrons. The van der Waals surface area contributed by atoms with Crippen molar-refractivity contribution >= 4 is 15.5 Å². The van der Waals surface area contributed by atoms with Gasteiger partial charge < -0.3 is 15.4 Å². The SMILES string of the molecule is CCS(=O)(=O)c1ccc(NCC2CNCCO2)cc1. The minimum Gasteiger partial charge on any atom is -0.382 e. The summed E-state index contributed by atoms with van der Waals surface area (Å²) in [4.78, 5) is 0.371. The summed E-state index contributed by atoms with van der Waals surface area (Å²) in [5.74, 6) is 0.126. The molecule has 1 atom stereocenters. The first-order chi connectivity index (χ1) is 9.12. The summed E-state index contributed by atoms with van der Waals surface area (Å²) < 4.78 is 28.9. The van der Waals surface area contributed by atoms with Gasteiger partial charge in [-0.2, -0.15) is 0 Å². The highest BCUT2D eigenvalue weighted by Crippen LogP contribution is 2.15. The molecular formula is C13H20N2O3S. The summed E-state index contributed by atoms with van der Waals surface area (Å²) in [6.07, 6.45) is 0.160. The Morgan fingerprint density at radius 2 is 2.11 bits per heavy atom. The van der Waals surface area contributed by atoms with E-state index in [2.05, 4.69) is 10.6 Å². The maximum absolute atomic E-state index is 11.7. The number of sulfone groups is 1. The maximum atomic E-state index is 11.7. The smallest absolute Gasteiger partial charge is 0.178 e. The van der Waals surface area contributed by atoms with E-state index in [-0.39, 0.29) is 11.9 Å². The molecule has 1 unspecified atom stereocenters. The topological polar surface area (TPSA) is 67.4 Å². The van der Waals surface area contributed by atoms with E-state index in [0.717, 1.165) is 25.4 Å². The number of rotatable bonds is 5. The average Bonchev–Trinajstić information content (AvgIpc) is 2.47. The Hall–Kier alpha value is -1.11. The first kappa shape index (κ1) is 14.3. The molecule has 1 saturated heterocycles. The van der Waals surface area contributed by atoms with Gasteiger partial charge in [-0.25, -0.2) is 8.42 Å². The zero-order valence-electron chi connectivity index (χ0n) is 11.1. The molecule has 1 aliphatic rings. The summed E-state index contributed by atoms with van der Waals surface area (Å²) in [5, 5.41) is 6.51. The van der Waals surface area contributed by atoms with Crippen LogP contribution in [-0.4, -0.2) is 46.5 Å². The van der Waals surface area contributed by atoms with Gasteiger partial charge in [-0.15, -0.1) is 0 Å². The van der Waals surface area contributed by atoms with Crippen molar-refractivity contribution in [2.45, 2.75) is 17.9 Å². The van der Waals surface area contributed by atoms with Gasteiger partial charge in [-0.05, 0) is 24.3 Å². The summed E-state index contributed by atoms with van der Waals surface area (Å²) in [5.41, 5.74) is 0.907. The van der Waals surface area contributed by atoms with Crippen LogP contribution in [0.25, 0.3) is 0 Å². The summed E-state index contributed by atoms with van der Waals surface area (Å²) >= 11 is 0. The molecular weight excluding hydrogens is 264 g/mol. The highest BCUT2D eigenvalue weighted by atomic mass is 32.2. The predicted molar refractivity (Wildman–Crippen MR) is 75.3 cm³/mol. The molecule has 6 heteroatoms. The zero-order chi connectivity index (χ0) is 13.7. The largest absolute Gasteiger partial charge is 0.382 e. The van der Waals surface area contributed by atoms with E-state index < -0.39 is 9.84 Å². The number of hydrogen-bond acceptors (Lipinski definition) is 5. The Labute approximate surface area is 114 Å². The van der Waals surface area contributed by atoms with Crippen LogP contribution < -0.4 is 10.6 Å².